The maximum atomic E-state index is 10.7. The molecule has 180 valence electrons. The topological polar surface area (TPSA) is 75.1 Å². The fourth-order valence-corrected chi connectivity index (χ4v) is 3.65. The predicted molar refractivity (Wildman–Crippen MR) is 130 cm³/mol. The van der Waals surface area contributed by atoms with Crippen molar-refractivity contribution in [3.8, 4) is 11.3 Å². The molecular weight excluding hydrogens is 418 g/mol. The van der Waals surface area contributed by atoms with Gasteiger partial charge < -0.3 is 23.7 Å². The summed E-state index contributed by atoms with van der Waals surface area (Å²) in [5.41, 5.74) is 2.89. The zero-order chi connectivity index (χ0) is 23.8. The number of hydrogen-bond acceptors (Lipinski definition) is 7. The van der Waals surface area contributed by atoms with E-state index in [9.17, 15) is 5.11 Å². The zero-order valence-electron chi connectivity index (χ0n) is 20.4. The number of benzene rings is 1. The van der Waals surface area contributed by atoms with E-state index in [-0.39, 0.29) is 18.7 Å². The SMILES string of the molecule is CC[C@@H](C)N(Cc1c(-c2ccccc2)noc1N(C)C(C)C)C[C@@H](O)COCc1ccco1. The lowest BCUT2D eigenvalue weighted by Gasteiger charge is -2.31. The largest absolute Gasteiger partial charge is 0.467 e. The second-order valence-electron chi connectivity index (χ2n) is 8.82. The average Bonchev–Trinajstić information content (AvgIpc) is 3.48. The second-order valence-corrected chi connectivity index (χ2v) is 8.82. The van der Waals surface area contributed by atoms with E-state index in [0.29, 0.717) is 19.7 Å². The fraction of sp³-hybridized carbons (Fsp3) is 0.500. The summed E-state index contributed by atoms with van der Waals surface area (Å²) in [4.78, 5) is 4.38. The first-order valence-electron chi connectivity index (χ1n) is 11.7. The standard InChI is InChI=1S/C26H37N3O4/c1-6-20(4)29(15-22(30)17-31-18-23-13-10-14-32-23)16-24-25(21-11-8-7-9-12-21)27-33-26(24)28(5)19(2)3/h7-14,19-20,22,30H,6,15-18H2,1-5H3/t20-,22-/m1/s1. The van der Waals surface area contributed by atoms with Crippen LogP contribution in [0.25, 0.3) is 11.3 Å². The number of anilines is 1. The molecule has 7 heteroatoms. The van der Waals surface area contributed by atoms with Crippen molar-refractivity contribution in [1.29, 1.82) is 0 Å². The smallest absolute Gasteiger partial charge is 0.232 e. The maximum absolute atomic E-state index is 10.7. The van der Waals surface area contributed by atoms with Crippen LogP contribution < -0.4 is 4.90 Å². The number of furan rings is 1. The molecule has 0 radical (unpaired) electrons. The number of rotatable bonds is 13. The van der Waals surface area contributed by atoms with Crippen molar-refractivity contribution in [1.82, 2.24) is 10.1 Å². The fourth-order valence-electron chi connectivity index (χ4n) is 3.65. The molecule has 1 N–H and O–H groups in total. The van der Waals surface area contributed by atoms with Crippen LogP contribution in [0.4, 0.5) is 5.88 Å². The van der Waals surface area contributed by atoms with Crippen molar-refractivity contribution in [2.24, 2.45) is 0 Å². The zero-order valence-corrected chi connectivity index (χ0v) is 20.4. The molecule has 3 rings (SSSR count). The number of ether oxygens (including phenoxy) is 1. The summed E-state index contributed by atoms with van der Waals surface area (Å²) in [5.74, 6) is 1.51. The van der Waals surface area contributed by atoms with Gasteiger partial charge in [-0.15, -0.1) is 0 Å². The number of aromatic nitrogens is 1. The van der Waals surface area contributed by atoms with Gasteiger partial charge >= 0.3 is 0 Å². The van der Waals surface area contributed by atoms with Crippen LogP contribution in [0, 0.1) is 0 Å². The van der Waals surface area contributed by atoms with Gasteiger partial charge in [-0.3, -0.25) is 4.90 Å². The Labute approximate surface area is 196 Å². The molecule has 0 bridgehead atoms. The van der Waals surface area contributed by atoms with E-state index < -0.39 is 6.10 Å². The molecule has 0 aliphatic carbocycles. The molecule has 2 aromatic heterocycles. The van der Waals surface area contributed by atoms with Crippen molar-refractivity contribution in [3.63, 3.8) is 0 Å². The Bertz CT molecular complexity index is 940. The number of aliphatic hydroxyl groups is 1. The Balaban J connectivity index is 1.79. The van der Waals surface area contributed by atoms with Gasteiger partial charge in [-0.25, -0.2) is 0 Å². The molecule has 0 saturated carbocycles. The molecule has 1 aromatic carbocycles. The van der Waals surface area contributed by atoms with Crippen LogP contribution >= 0.6 is 0 Å². The van der Waals surface area contributed by atoms with Gasteiger partial charge in [-0.1, -0.05) is 42.4 Å². The van der Waals surface area contributed by atoms with E-state index in [1.54, 1.807) is 6.26 Å². The van der Waals surface area contributed by atoms with E-state index >= 15 is 0 Å². The Morgan fingerprint density at radius 2 is 1.85 bits per heavy atom. The van der Waals surface area contributed by atoms with E-state index in [0.717, 1.165) is 34.9 Å². The maximum Gasteiger partial charge on any atom is 0.232 e. The highest BCUT2D eigenvalue weighted by molar-refractivity contribution is 5.68. The molecule has 33 heavy (non-hydrogen) atoms. The molecule has 0 unspecified atom stereocenters. The number of aliphatic hydroxyl groups excluding tert-OH is 1. The molecule has 0 fully saturated rings. The number of nitrogens with zero attached hydrogens (tertiary/aromatic N) is 3. The normalized spacial score (nSPS) is 13.6. The Morgan fingerprint density at radius 3 is 2.48 bits per heavy atom. The Morgan fingerprint density at radius 1 is 1.09 bits per heavy atom. The summed E-state index contributed by atoms with van der Waals surface area (Å²) in [6, 6.07) is 14.3. The third kappa shape index (κ3) is 6.69. The predicted octanol–water partition coefficient (Wildman–Crippen LogP) is 4.96. The van der Waals surface area contributed by atoms with Crippen molar-refractivity contribution in [2.75, 3.05) is 25.1 Å². The molecule has 2 heterocycles. The van der Waals surface area contributed by atoms with Gasteiger partial charge in [0.15, 0.2) is 0 Å². The van der Waals surface area contributed by atoms with E-state index in [1.807, 2.05) is 49.5 Å². The first kappa shape index (κ1) is 25.0. The molecule has 2 atom stereocenters. The van der Waals surface area contributed by atoms with E-state index in [4.69, 9.17) is 13.7 Å². The molecular formula is C26H37N3O4. The average molecular weight is 456 g/mol. The van der Waals surface area contributed by atoms with Gasteiger partial charge in [0.25, 0.3) is 0 Å². The lowest BCUT2D eigenvalue weighted by Crippen LogP contribution is -2.40. The lowest BCUT2D eigenvalue weighted by molar-refractivity contribution is -0.00269. The van der Waals surface area contributed by atoms with Crippen LogP contribution in [0.2, 0.25) is 0 Å². The molecule has 0 aliphatic rings. The van der Waals surface area contributed by atoms with Crippen LogP contribution in [0.3, 0.4) is 0 Å². The van der Waals surface area contributed by atoms with E-state index in [1.165, 1.54) is 0 Å². The summed E-state index contributed by atoms with van der Waals surface area (Å²) in [6.45, 7) is 10.3. The van der Waals surface area contributed by atoms with Gasteiger partial charge in [0.05, 0.1) is 24.5 Å². The summed E-state index contributed by atoms with van der Waals surface area (Å²) in [5, 5.41) is 15.2. The van der Waals surface area contributed by atoms with Gasteiger partial charge in [0, 0.05) is 37.8 Å². The Hall–Kier alpha value is -2.61. The first-order valence-corrected chi connectivity index (χ1v) is 11.7. The monoisotopic (exact) mass is 455 g/mol. The molecule has 0 aliphatic heterocycles. The summed E-state index contributed by atoms with van der Waals surface area (Å²) in [6.07, 6.45) is 1.95. The summed E-state index contributed by atoms with van der Waals surface area (Å²) < 4.78 is 16.8. The van der Waals surface area contributed by atoms with Crippen molar-refractivity contribution in [3.05, 3.63) is 60.1 Å². The van der Waals surface area contributed by atoms with Crippen LogP contribution in [-0.4, -0.2) is 53.6 Å². The van der Waals surface area contributed by atoms with Crippen LogP contribution in [0.5, 0.6) is 0 Å². The van der Waals surface area contributed by atoms with Gasteiger partial charge in [-0.2, -0.15) is 0 Å². The van der Waals surface area contributed by atoms with Gasteiger partial charge in [0.1, 0.15) is 18.1 Å². The minimum atomic E-state index is -0.625. The third-order valence-electron chi connectivity index (χ3n) is 6.06. The molecule has 0 saturated heterocycles. The minimum Gasteiger partial charge on any atom is -0.467 e. The van der Waals surface area contributed by atoms with Crippen molar-refractivity contribution >= 4 is 5.88 Å². The summed E-state index contributed by atoms with van der Waals surface area (Å²) >= 11 is 0. The Kier molecular flexibility index (Phi) is 9.11. The second kappa shape index (κ2) is 12.0. The number of hydrogen-bond donors (Lipinski definition) is 1. The van der Waals surface area contributed by atoms with Crippen molar-refractivity contribution < 1.29 is 18.8 Å². The summed E-state index contributed by atoms with van der Waals surface area (Å²) in [7, 11) is 2.02. The van der Waals surface area contributed by atoms with Crippen LogP contribution in [0.1, 0.15) is 45.4 Å². The minimum absolute atomic E-state index is 0.238. The quantitative estimate of drug-likeness (QED) is 0.390. The van der Waals surface area contributed by atoms with Crippen LogP contribution in [0.15, 0.2) is 57.7 Å². The molecule has 0 spiro atoms. The van der Waals surface area contributed by atoms with Crippen molar-refractivity contribution in [2.45, 2.75) is 65.5 Å². The highest BCUT2D eigenvalue weighted by atomic mass is 16.5. The van der Waals surface area contributed by atoms with Crippen LogP contribution in [-0.2, 0) is 17.9 Å². The highest BCUT2D eigenvalue weighted by Gasteiger charge is 2.26. The first-order chi connectivity index (χ1) is 15.9. The molecule has 3 aromatic rings. The molecule has 0 amide bonds. The molecule has 7 nitrogen and oxygen atoms in total. The van der Waals surface area contributed by atoms with Gasteiger partial charge in [-0.05, 0) is 39.3 Å². The third-order valence-corrected chi connectivity index (χ3v) is 6.06. The van der Waals surface area contributed by atoms with E-state index in [2.05, 4.69) is 42.7 Å². The van der Waals surface area contributed by atoms with Gasteiger partial charge in [0.2, 0.25) is 5.88 Å². The lowest BCUT2D eigenvalue weighted by atomic mass is 10.1. The highest BCUT2D eigenvalue weighted by Crippen LogP contribution is 2.33.